The number of carbonyl (C=O) groups is 1. The van der Waals surface area contributed by atoms with Crippen LogP contribution in [0.15, 0.2) is 82.6 Å². The monoisotopic (exact) mass is 432 g/mol. The highest BCUT2D eigenvalue weighted by atomic mass is 32.2. The first kappa shape index (κ1) is 20.0. The first-order valence-electron chi connectivity index (χ1n) is 10.6. The van der Waals surface area contributed by atoms with Gasteiger partial charge in [-0.2, -0.15) is 0 Å². The van der Waals surface area contributed by atoms with Gasteiger partial charge in [0, 0.05) is 9.79 Å². The number of nitrogens with zero attached hydrogens (tertiary/aromatic N) is 2. The predicted molar refractivity (Wildman–Crippen MR) is 125 cm³/mol. The number of ether oxygens (including phenoxy) is 1. The zero-order chi connectivity index (χ0) is 21.2. The Balaban J connectivity index is 1.31. The highest BCUT2D eigenvalue weighted by Crippen LogP contribution is 2.47. The van der Waals surface area contributed by atoms with Gasteiger partial charge < -0.3 is 14.5 Å². The molecule has 1 saturated heterocycles. The highest BCUT2D eigenvalue weighted by molar-refractivity contribution is 7.99. The summed E-state index contributed by atoms with van der Waals surface area (Å²) >= 11 is 1.73. The Bertz CT molecular complexity index is 1050. The van der Waals surface area contributed by atoms with Gasteiger partial charge in [0.25, 0.3) is 5.91 Å². The Kier molecular flexibility index (Phi) is 5.57. The summed E-state index contributed by atoms with van der Waals surface area (Å²) in [6.07, 6.45) is 0. The number of rotatable bonds is 4. The quantitative estimate of drug-likeness (QED) is 0.687. The van der Waals surface area contributed by atoms with Crippen LogP contribution < -0.4 is 19.4 Å². The van der Waals surface area contributed by atoms with E-state index in [9.17, 15) is 4.79 Å². The summed E-state index contributed by atoms with van der Waals surface area (Å²) in [6.45, 7) is 4.16. The summed E-state index contributed by atoms with van der Waals surface area (Å²) < 4.78 is 5.52. The standard InChI is InChI=1S/C25H25N3O2S/c1-30-22-11-5-2-8-19(22)27-16-14-26(15-17-27)18-25(29)28-20-9-3-6-12-23(20)31-24-13-7-4-10-21(24)28/h2-13H,14-18H2,1H3/p+1. The molecule has 2 aliphatic heterocycles. The number of hydrogen-bond donors (Lipinski definition) is 1. The van der Waals surface area contributed by atoms with Crippen molar-refractivity contribution >= 4 is 34.7 Å². The van der Waals surface area contributed by atoms with E-state index in [4.69, 9.17) is 4.74 Å². The van der Waals surface area contributed by atoms with E-state index in [1.54, 1.807) is 18.9 Å². The van der Waals surface area contributed by atoms with Gasteiger partial charge in [-0.15, -0.1) is 0 Å². The zero-order valence-corrected chi connectivity index (χ0v) is 18.4. The van der Waals surface area contributed by atoms with Crippen LogP contribution in [0.1, 0.15) is 0 Å². The van der Waals surface area contributed by atoms with E-state index in [0.717, 1.165) is 58.8 Å². The summed E-state index contributed by atoms with van der Waals surface area (Å²) in [5.41, 5.74) is 3.11. The molecule has 31 heavy (non-hydrogen) atoms. The zero-order valence-electron chi connectivity index (χ0n) is 17.6. The molecule has 1 fully saturated rings. The number of quaternary nitrogens is 1. The van der Waals surface area contributed by atoms with E-state index in [2.05, 4.69) is 23.1 Å². The molecule has 3 aromatic rings. The van der Waals surface area contributed by atoms with E-state index in [-0.39, 0.29) is 5.91 Å². The van der Waals surface area contributed by atoms with Gasteiger partial charge >= 0.3 is 0 Å². The van der Waals surface area contributed by atoms with Crippen molar-refractivity contribution in [3.63, 3.8) is 0 Å². The molecular weight excluding hydrogens is 406 g/mol. The van der Waals surface area contributed by atoms with Crippen LogP contribution >= 0.6 is 11.8 Å². The Morgan fingerprint density at radius 1 is 0.871 bits per heavy atom. The third-order valence-corrected chi connectivity index (χ3v) is 7.11. The normalized spacial score (nSPS) is 15.9. The van der Waals surface area contributed by atoms with Crippen molar-refractivity contribution in [3.05, 3.63) is 72.8 Å². The molecule has 1 N–H and O–H groups in total. The summed E-state index contributed by atoms with van der Waals surface area (Å²) in [5, 5.41) is 0. The van der Waals surface area contributed by atoms with Gasteiger partial charge in [0.05, 0.1) is 50.4 Å². The molecule has 0 unspecified atom stereocenters. The van der Waals surface area contributed by atoms with E-state index >= 15 is 0 Å². The molecule has 5 nitrogen and oxygen atoms in total. The van der Waals surface area contributed by atoms with E-state index in [1.807, 2.05) is 59.5 Å². The molecule has 3 aromatic carbocycles. The third kappa shape index (κ3) is 3.89. The Morgan fingerprint density at radius 2 is 1.42 bits per heavy atom. The lowest BCUT2D eigenvalue weighted by Crippen LogP contribution is -3.15. The molecule has 0 aromatic heterocycles. The maximum absolute atomic E-state index is 13.5. The van der Waals surface area contributed by atoms with Gasteiger partial charge in [-0.3, -0.25) is 9.69 Å². The summed E-state index contributed by atoms with van der Waals surface area (Å²) in [5.74, 6) is 1.06. The van der Waals surface area contributed by atoms with Crippen molar-refractivity contribution in [2.24, 2.45) is 0 Å². The average Bonchev–Trinajstić information content (AvgIpc) is 2.83. The maximum Gasteiger partial charge on any atom is 0.286 e. The lowest BCUT2D eigenvalue weighted by Gasteiger charge is -2.36. The molecule has 1 amide bonds. The van der Waals surface area contributed by atoms with Crippen LogP contribution in [-0.4, -0.2) is 45.7 Å². The Hall–Kier alpha value is -2.96. The van der Waals surface area contributed by atoms with Crippen LogP contribution in [0.5, 0.6) is 5.75 Å². The van der Waals surface area contributed by atoms with Crippen LogP contribution in [0.25, 0.3) is 0 Å². The molecule has 158 valence electrons. The van der Waals surface area contributed by atoms with Gasteiger partial charge in [-0.1, -0.05) is 48.2 Å². The average molecular weight is 433 g/mol. The van der Waals surface area contributed by atoms with Crippen molar-refractivity contribution < 1.29 is 14.4 Å². The van der Waals surface area contributed by atoms with Gasteiger partial charge in [0.1, 0.15) is 5.75 Å². The van der Waals surface area contributed by atoms with E-state index in [1.165, 1.54) is 4.90 Å². The highest BCUT2D eigenvalue weighted by Gasteiger charge is 2.31. The molecule has 0 spiro atoms. The van der Waals surface area contributed by atoms with Gasteiger partial charge in [0.2, 0.25) is 0 Å². The second-order valence-electron chi connectivity index (χ2n) is 7.85. The largest absolute Gasteiger partial charge is 0.495 e. The molecule has 2 aliphatic rings. The second-order valence-corrected chi connectivity index (χ2v) is 8.94. The van der Waals surface area contributed by atoms with Crippen molar-refractivity contribution in [2.45, 2.75) is 9.79 Å². The lowest BCUT2D eigenvalue weighted by atomic mass is 10.2. The number of hydrogen-bond acceptors (Lipinski definition) is 4. The number of anilines is 3. The molecule has 0 saturated carbocycles. The van der Waals surface area contributed by atoms with Gasteiger partial charge in [-0.05, 0) is 36.4 Å². The van der Waals surface area contributed by atoms with Crippen LogP contribution in [0.4, 0.5) is 17.1 Å². The van der Waals surface area contributed by atoms with E-state index < -0.39 is 0 Å². The lowest BCUT2D eigenvalue weighted by molar-refractivity contribution is -0.892. The van der Waals surface area contributed by atoms with Gasteiger partial charge in [-0.25, -0.2) is 0 Å². The van der Waals surface area contributed by atoms with E-state index in [0.29, 0.717) is 6.54 Å². The van der Waals surface area contributed by atoms with Crippen LogP contribution in [0.2, 0.25) is 0 Å². The van der Waals surface area contributed by atoms with Crippen molar-refractivity contribution in [3.8, 4) is 5.75 Å². The number of para-hydroxylation sites is 4. The summed E-state index contributed by atoms with van der Waals surface area (Å²) in [6, 6.07) is 24.5. The molecule has 2 heterocycles. The number of benzene rings is 3. The first-order valence-corrected chi connectivity index (χ1v) is 11.5. The fourth-order valence-corrected chi connectivity index (χ4v) is 5.46. The third-order valence-electron chi connectivity index (χ3n) is 5.98. The minimum absolute atomic E-state index is 0.154. The molecular formula is C25H26N3O2S+. The maximum atomic E-state index is 13.5. The smallest absolute Gasteiger partial charge is 0.286 e. The summed E-state index contributed by atoms with van der Waals surface area (Å²) in [7, 11) is 1.71. The number of nitrogens with one attached hydrogen (secondary N) is 1. The second kappa shape index (κ2) is 8.65. The molecule has 0 atom stereocenters. The molecule has 5 rings (SSSR count). The minimum atomic E-state index is 0.154. The Morgan fingerprint density at radius 3 is 2.03 bits per heavy atom. The number of methoxy groups -OCH3 is 1. The molecule has 6 heteroatoms. The molecule has 0 bridgehead atoms. The molecule has 0 aliphatic carbocycles. The topological polar surface area (TPSA) is 37.2 Å². The van der Waals surface area contributed by atoms with Crippen molar-refractivity contribution in [2.75, 3.05) is 49.6 Å². The van der Waals surface area contributed by atoms with Crippen LogP contribution in [0.3, 0.4) is 0 Å². The fraction of sp³-hybridized carbons (Fsp3) is 0.240. The van der Waals surface area contributed by atoms with Gasteiger partial charge in [0.15, 0.2) is 6.54 Å². The predicted octanol–water partition coefficient (Wildman–Crippen LogP) is 3.23. The van der Waals surface area contributed by atoms with Crippen LogP contribution in [-0.2, 0) is 4.79 Å². The SMILES string of the molecule is COc1ccccc1N1CC[NH+](CC(=O)N2c3ccccc3Sc3ccccc32)CC1. The number of fused-ring (bicyclic) bond motifs is 2. The number of carbonyl (C=O) groups excluding carboxylic acids is 1. The molecule has 0 radical (unpaired) electrons. The fourth-order valence-electron chi connectivity index (χ4n) is 4.40. The summed E-state index contributed by atoms with van der Waals surface area (Å²) in [4.78, 5) is 21.4. The Labute approximate surface area is 187 Å². The number of amides is 1. The van der Waals surface area contributed by atoms with Crippen LogP contribution in [0, 0.1) is 0 Å². The van der Waals surface area contributed by atoms with Crippen molar-refractivity contribution in [1.29, 1.82) is 0 Å². The first-order chi connectivity index (χ1) is 15.2. The minimum Gasteiger partial charge on any atom is -0.495 e. The van der Waals surface area contributed by atoms with Crippen molar-refractivity contribution in [1.82, 2.24) is 0 Å². The number of piperazine rings is 1.